The van der Waals surface area contributed by atoms with Gasteiger partial charge in [-0.25, -0.2) is 0 Å². The minimum Gasteiger partial charge on any atom is -0.352 e. The second-order valence-electron chi connectivity index (χ2n) is 2.30. The van der Waals surface area contributed by atoms with Crippen molar-refractivity contribution in [1.29, 1.82) is 0 Å². The van der Waals surface area contributed by atoms with Crippen LogP contribution in [0.4, 0.5) is 0 Å². The van der Waals surface area contributed by atoms with Crippen LogP contribution in [-0.4, -0.2) is 32.8 Å². The normalized spacial score (nSPS) is 36.5. The Labute approximate surface area is 65.9 Å². The molecule has 0 saturated heterocycles. The standard InChI is InChI=1S/C7H13NO3/c1-9-6-3-4-7(5-8,10-2)11-6/h3-4,6H,5,8H2,1-2H3/t6-,7-/m1/s1. The molecule has 0 saturated carbocycles. The maximum Gasteiger partial charge on any atom is 0.203 e. The van der Waals surface area contributed by atoms with Crippen LogP contribution in [0.2, 0.25) is 0 Å². The van der Waals surface area contributed by atoms with Crippen molar-refractivity contribution >= 4 is 0 Å². The lowest BCUT2D eigenvalue weighted by molar-refractivity contribution is -0.236. The molecule has 0 fully saturated rings. The predicted molar refractivity (Wildman–Crippen MR) is 39.8 cm³/mol. The molecule has 0 bridgehead atoms. The molecule has 11 heavy (non-hydrogen) atoms. The predicted octanol–water partition coefficient (Wildman–Crippen LogP) is -0.153. The van der Waals surface area contributed by atoms with Crippen molar-refractivity contribution in [1.82, 2.24) is 0 Å². The van der Waals surface area contributed by atoms with Gasteiger partial charge in [0.1, 0.15) is 0 Å². The summed E-state index contributed by atoms with van der Waals surface area (Å²) >= 11 is 0. The van der Waals surface area contributed by atoms with Gasteiger partial charge in [-0.1, -0.05) is 0 Å². The van der Waals surface area contributed by atoms with E-state index >= 15 is 0 Å². The molecule has 2 N–H and O–H groups in total. The number of ether oxygens (including phenoxy) is 3. The van der Waals surface area contributed by atoms with Crippen molar-refractivity contribution in [2.75, 3.05) is 20.8 Å². The third kappa shape index (κ3) is 1.59. The summed E-state index contributed by atoms with van der Waals surface area (Å²) in [4.78, 5) is 0. The Balaban J connectivity index is 2.57. The molecule has 0 radical (unpaired) electrons. The Morgan fingerprint density at radius 1 is 1.64 bits per heavy atom. The van der Waals surface area contributed by atoms with Crippen LogP contribution in [0.3, 0.4) is 0 Å². The molecule has 0 aliphatic carbocycles. The Bertz CT molecular complexity index is 154. The van der Waals surface area contributed by atoms with Gasteiger partial charge in [-0.2, -0.15) is 0 Å². The van der Waals surface area contributed by atoms with Crippen LogP contribution in [-0.2, 0) is 14.2 Å². The monoisotopic (exact) mass is 159 g/mol. The number of hydrogen-bond donors (Lipinski definition) is 1. The van der Waals surface area contributed by atoms with E-state index in [0.717, 1.165) is 0 Å². The SMILES string of the molecule is CO[C@H]1C=C[C@@](CN)(OC)O1. The highest BCUT2D eigenvalue weighted by Gasteiger charge is 2.34. The third-order valence-electron chi connectivity index (χ3n) is 1.69. The van der Waals surface area contributed by atoms with Crippen molar-refractivity contribution in [3.8, 4) is 0 Å². The smallest absolute Gasteiger partial charge is 0.203 e. The van der Waals surface area contributed by atoms with E-state index in [1.54, 1.807) is 26.4 Å². The molecular formula is C7H13NO3. The number of nitrogens with two attached hydrogens (primary N) is 1. The zero-order chi connectivity index (χ0) is 8.32. The van der Waals surface area contributed by atoms with Gasteiger partial charge in [-0.3, -0.25) is 0 Å². The Kier molecular flexibility index (Phi) is 2.62. The molecule has 4 nitrogen and oxygen atoms in total. The maximum atomic E-state index is 5.44. The molecule has 64 valence electrons. The van der Waals surface area contributed by atoms with Crippen molar-refractivity contribution in [3.05, 3.63) is 12.2 Å². The summed E-state index contributed by atoms with van der Waals surface area (Å²) in [7, 11) is 3.12. The van der Waals surface area contributed by atoms with Gasteiger partial charge < -0.3 is 19.9 Å². The van der Waals surface area contributed by atoms with Gasteiger partial charge >= 0.3 is 0 Å². The first kappa shape index (κ1) is 8.67. The van der Waals surface area contributed by atoms with Gasteiger partial charge in [0, 0.05) is 14.2 Å². The fraction of sp³-hybridized carbons (Fsp3) is 0.714. The molecule has 4 heteroatoms. The van der Waals surface area contributed by atoms with E-state index in [-0.39, 0.29) is 6.29 Å². The highest BCUT2D eigenvalue weighted by atomic mass is 16.8. The summed E-state index contributed by atoms with van der Waals surface area (Å²) in [5, 5.41) is 0. The summed E-state index contributed by atoms with van der Waals surface area (Å²) in [5.41, 5.74) is 5.44. The average molecular weight is 159 g/mol. The van der Waals surface area contributed by atoms with E-state index in [4.69, 9.17) is 19.9 Å². The van der Waals surface area contributed by atoms with E-state index in [2.05, 4.69) is 0 Å². The summed E-state index contributed by atoms with van der Waals surface area (Å²) < 4.78 is 15.3. The highest BCUT2D eigenvalue weighted by Crippen LogP contribution is 2.22. The fourth-order valence-corrected chi connectivity index (χ4v) is 0.943. The van der Waals surface area contributed by atoms with E-state index in [1.807, 2.05) is 0 Å². The van der Waals surface area contributed by atoms with Crippen molar-refractivity contribution < 1.29 is 14.2 Å². The largest absolute Gasteiger partial charge is 0.352 e. The van der Waals surface area contributed by atoms with Crippen molar-refractivity contribution in [3.63, 3.8) is 0 Å². The first-order valence-corrected chi connectivity index (χ1v) is 3.41. The summed E-state index contributed by atoms with van der Waals surface area (Å²) in [6, 6.07) is 0. The van der Waals surface area contributed by atoms with Gasteiger partial charge in [0.15, 0.2) is 6.29 Å². The molecule has 0 spiro atoms. The number of methoxy groups -OCH3 is 2. The van der Waals surface area contributed by atoms with Crippen LogP contribution in [0.25, 0.3) is 0 Å². The van der Waals surface area contributed by atoms with Crippen molar-refractivity contribution in [2.24, 2.45) is 5.73 Å². The lowest BCUT2D eigenvalue weighted by Gasteiger charge is -2.24. The molecule has 1 aliphatic heterocycles. The molecular weight excluding hydrogens is 146 g/mol. The molecule has 0 amide bonds. The number of hydrogen-bond acceptors (Lipinski definition) is 4. The second kappa shape index (κ2) is 3.32. The minimum absolute atomic E-state index is 0.292. The van der Waals surface area contributed by atoms with Gasteiger partial charge in [0.05, 0.1) is 6.54 Å². The molecule has 2 atom stereocenters. The minimum atomic E-state index is -0.777. The van der Waals surface area contributed by atoms with Crippen LogP contribution in [0.5, 0.6) is 0 Å². The first-order chi connectivity index (χ1) is 5.26. The van der Waals surface area contributed by atoms with Crippen LogP contribution >= 0.6 is 0 Å². The zero-order valence-corrected chi connectivity index (χ0v) is 6.74. The van der Waals surface area contributed by atoms with Crippen LogP contribution in [0, 0.1) is 0 Å². The number of rotatable bonds is 3. The molecule has 1 rings (SSSR count). The highest BCUT2D eigenvalue weighted by molar-refractivity contribution is 5.05. The lowest BCUT2D eigenvalue weighted by atomic mass is 10.3. The molecule has 0 unspecified atom stereocenters. The van der Waals surface area contributed by atoms with Crippen LogP contribution in [0.15, 0.2) is 12.2 Å². The summed E-state index contributed by atoms with van der Waals surface area (Å²) in [6.45, 7) is 0.292. The van der Waals surface area contributed by atoms with Gasteiger partial charge in [-0.15, -0.1) is 0 Å². The zero-order valence-electron chi connectivity index (χ0n) is 6.74. The summed E-state index contributed by atoms with van der Waals surface area (Å²) in [5.74, 6) is -0.777. The van der Waals surface area contributed by atoms with Crippen LogP contribution in [0.1, 0.15) is 0 Å². The first-order valence-electron chi connectivity index (χ1n) is 3.41. The van der Waals surface area contributed by atoms with E-state index in [1.165, 1.54) is 0 Å². The topological polar surface area (TPSA) is 53.7 Å². The van der Waals surface area contributed by atoms with Gasteiger partial charge in [0.25, 0.3) is 0 Å². The lowest BCUT2D eigenvalue weighted by Crippen LogP contribution is -2.40. The average Bonchev–Trinajstić information content (AvgIpc) is 2.49. The van der Waals surface area contributed by atoms with Crippen LogP contribution < -0.4 is 5.73 Å². The molecule has 0 aromatic heterocycles. The Morgan fingerprint density at radius 3 is 2.64 bits per heavy atom. The Hall–Kier alpha value is -0.420. The van der Waals surface area contributed by atoms with Gasteiger partial charge in [0.2, 0.25) is 5.79 Å². The van der Waals surface area contributed by atoms with E-state index in [0.29, 0.717) is 6.54 Å². The van der Waals surface area contributed by atoms with Gasteiger partial charge in [-0.05, 0) is 12.2 Å². The third-order valence-corrected chi connectivity index (χ3v) is 1.69. The second-order valence-corrected chi connectivity index (χ2v) is 2.30. The quantitative estimate of drug-likeness (QED) is 0.582. The molecule has 1 aliphatic rings. The molecule has 1 heterocycles. The summed E-state index contributed by atoms with van der Waals surface area (Å²) in [6.07, 6.45) is 3.20. The Morgan fingerprint density at radius 2 is 2.36 bits per heavy atom. The van der Waals surface area contributed by atoms with Crippen molar-refractivity contribution in [2.45, 2.75) is 12.1 Å². The fourth-order valence-electron chi connectivity index (χ4n) is 0.943. The maximum absolute atomic E-state index is 5.44. The molecule has 0 aromatic carbocycles. The van der Waals surface area contributed by atoms with E-state index < -0.39 is 5.79 Å². The molecule has 0 aromatic rings. The van der Waals surface area contributed by atoms with E-state index in [9.17, 15) is 0 Å².